The van der Waals surface area contributed by atoms with Crippen molar-refractivity contribution in [2.24, 2.45) is 0 Å². The molecule has 1 amide bonds. The molecule has 3 rings (SSSR count). The summed E-state index contributed by atoms with van der Waals surface area (Å²) in [5.41, 5.74) is 4.06. The van der Waals surface area contributed by atoms with E-state index in [1.54, 1.807) is 11.3 Å². The summed E-state index contributed by atoms with van der Waals surface area (Å²) in [7, 11) is 4.07. The van der Waals surface area contributed by atoms with Crippen molar-refractivity contribution in [3.8, 4) is 10.6 Å². The molecule has 0 aliphatic rings. The number of nitrogens with one attached hydrogen (secondary N) is 1. The van der Waals surface area contributed by atoms with E-state index in [9.17, 15) is 4.79 Å². The first-order valence-corrected chi connectivity index (χ1v) is 10.0. The van der Waals surface area contributed by atoms with Gasteiger partial charge in [-0.1, -0.05) is 24.3 Å². The van der Waals surface area contributed by atoms with Gasteiger partial charge in [-0.3, -0.25) is 4.79 Å². The molecule has 0 atom stereocenters. The Bertz CT molecular complexity index is 914. The highest BCUT2D eigenvalue weighted by Crippen LogP contribution is 2.32. The molecule has 0 unspecified atom stereocenters. The van der Waals surface area contributed by atoms with Gasteiger partial charge in [0.15, 0.2) is 5.13 Å². The average Bonchev–Trinajstić information content (AvgIpc) is 3.12. The second-order valence-electron chi connectivity index (χ2n) is 6.47. The Morgan fingerprint density at radius 3 is 2.65 bits per heavy atom. The number of carbonyl (C=O) groups is 1. The summed E-state index contributed by atoms with van der Waals surface area (Å²) in [6.07, 6.45) is 0.342. The molecule has 5 nitrogen and oxygen atoms in total. The molecular formula is C19H22N4OS2. The Morgan fingerprint density at radius 2 is 1.96 bits per heavy atom. The van der Waals surface area contributed by atoms with Gasteiger partial charge in [0.05, 0.1) is 27.7 Å². The van der Waals surface area contributed by atoms with E-state index in [0.717, 1.165) is 33.4 Å². The molecule has 136 valence electrons. The lowest BCUT2D eigenvalue weighted by Crippen LogP contribution is -2.15. The highest BCUT2D eigenvalue weighted by atomic mass is 32.1. The molecule has 1 aromatic carbocycles. The summed E-state index contributed by atoms with van der Waals surface area (Å²) < 4.78 is 0. The summed E-state index contributed by atoms with van der Waals surface area (Å²) in [4.78, 5) is 24.5. The van der Waals surface area contributed by atoms with Crippen molar-refractivity contribution in [2.45, 2.75) is 26.8 Å². The van der Waals surface area contributed by atoms with E-state index in [4.69, 9.17) is 0 Å². The fourth-order valence-electron chi connectivity index (χ4n) is 2.76. The van der Waals surface area contributed by atoms with Gasteiger partial charge in [-0.25, -0.2) is 9.97 Å². The number of rotatable bonds is 6. The van der Waals surface area contributed by atoms with E-state index in [1.165, 1.54) is 16.9 Å². The van der Waals surface area contributed by atoms with Crippen molar-refractivity contribution >= 4 is 33.7 Å². The van der Waals surface area contributed by atoms with Gasteiger partial charge < -0.3 is 10.2 Å². The highest BCUT2D eigenvalue weighted by Gasteiger charge is 2.13. The Balaban J connectivity index is 1.65. The first-order chi connectivity index (χ1) is 12.4. The van der Waals surface area contributed by atoms with Crippen LogP contribution in [-0.2, 0) is 17.8 Å². The third-order valence-electron chi connectivity index (χ3n) is 3.74. The van der Waals surface area contributed by atoms with Gasteiger partial charge >= 0.3 is 0 Å². The van der Waals surface area contributed by atoms with Crippen LogP contribution in [-0.4, -0.2) is 34.9 Å². The van der Waals surface area contributed by atoms with Gasteiger partial charge in [-0.15, -0.1) is 22.7 Å². The van der Waals surface area contributed by atoms with Gasteiger partial charge in [0.1, 0.15) is 0 Å². The molecule has 0 aliphatic carbocycles. The zero-order valence-electron chi connectivity index (χ0n) is 15.4. The van der Waals surface area contributed by atoms with Crippen LogP contribution in [0.2, 0.25) is 0 Å². The Morgan fingerprint density at radius 1 is 1.19 bits per heavy atom. The molecule has 2 aromatic heterocycles. The minimum Gasteiger partial charge on any atom is -0.305 e. The second-order valence-corrected chi connectivity index (χ2v) is 8.53. The van der Waals surface area contributed by atoms with E-state index < -0.39 is 0 Å². The van der Waals surface area contributed by atoms with Crippen LogP contribution >= 0.6 is 22.7 Å². The zero-order chi connectivity index (χ0) is 18.7. The molecule has 0 fully saturated rings. The molecule has 26 heavy (non-hydrogen) atoms. The maximum atomic E-state index is 12.4. The van der Waals surface area contributed by atoms with E-state index in [1.807, 2.05) is 45.5 Å². The standard InChI is InChI=1S/C19H22N4OS2/c1-12-18(26-13(2)20-12)16-11-25-19(21-16)22-17(24)9-14-6-5-7-15(8-14)10-23(3)4/h5-8,11H,9-10H2,1-4H3,(H,21,22,24). The molecule has 0 spiro atoms. The number of hydrogen-bond donors (Lipinski definition) is 1. The highest BCUT2D eigenvalue weighted by molar-refractivity contribution is 7.16. The lowest BCUT2D eigenvalue weighted by atomic mass is 10.1. The molecule has 3 aromatic rings. The summed E-state index contributed by atoms with van der Waals surface area (Å²) in [5, 5.41) is 6.52. The zero-order valence-corrected chi connectivity index (χ0v) is 17.0. The predicted octanol–water partition coefficient (Wildman–Crippen LogP) is 4.13. The number of aryl methyl sites for hydroxylation is 2. The molecule has 0 aliphatic heterocycles. The van der Waals surface area contributed by atoms with Crippen LogP contribution < -0.4 is 5.32 Å². The van der Waals surface area contributed by atoms with Gasteiger partial charge in [0.25, 0.3) is 0 Å². The van der Waals surface area contributed by atoms with Crippen molar-refractivity contribution in [2.75, 3.05) is 19.4 Å². The number of benzene rings is 1. The minimum atomic E-state index is -0.0508. The van der Waals surface area contributed by atoms with Crippen LogP contribution in [0.1, 0.15) is 21.8 Å². The van der Waals surface area contributed by atoms with Crippen LogP contribution in [0.5, 0.6) is 0 Å². The number of carbonyl (C=O) groups excluding carboxylic acids is 1. The van der Waals surface area contributed by atoms with Crippen LogP contribution in [0.25, 0.3) is 10.6 Å². The lowest BCUT2D eigenvalue weighted by molar-refractivity contribution is -0.115. The van der Waals surface area contributed by atoms with Crippen molar-refractivity contribution < 1.29 is 4.79 Å². The smallest absolute Gasteiger partial charge is 0.230 e. The number of hydrogen-bond acceptors (Lipinski definition) is 6. The van der Waals surface area contributed by atoms with E-state index in [2.05, 4.69) is 32.3 Å². The van der Waals surface area contributed by atoms with E-state index in [0.29, 0.717) is 11.6 Å². The number of amides is 1. The van der Waals surface area contributed by atoms with Crippen molar-refractivity contribution in [3.05, 3.63) is 51.5 Å². The van der Waals surface area contributed by atoms with Crippen molar-refractivity contribution in [3.63, 3.8) is 0 Å². The number of aromatic nitrogens is 2. The molecule has 0 bridgehead atoms. The van der Waals surface area contributed by atoms with Crippen LogP contribution in [0.4, 0.5) is 5.13 Å². The van der Waals surface area contributed by atoms with Gasteiger partial charge in [0, 0.05) is 11.9 Å². The fraction of sp³-hybridized carbons (Fsp3) is 0.316. The minimum absolute atomic E-state index is 0.0508. The predicted molar refractivity (Wildman–Crippen MR) is 109 cm³/mol. The van der Waals surface area contributed by atoms with Gasteiger partial charge in [-0.2, -0.15) is 0 Å². The summed E-state index contributed by atoms with van der Waals surface area (Å²) in [6.45, 7) is 4.83. The monoisotopic (exact) mass is 386 g/mol. The molecule has 0 saturated carbocycles. The SMILES string of the molecule is Cc1nc(C)c(-c2csc(NC(=O)Cc3cccc(CN(C)C)c3)n2)s1. The lowest BCUT2D eigenvalue weighted by Gasteiger charge is -2.10. The number of nitrogens with zero attached hydrogens (tertiary/aromatic N) is 3. The molecule has 0 saturated heterocycles. The van der Waals surface area contributed by atoms with Crippen LogP contribution in [0.3, 0.4) is 0 Å². The van der Waals surface area contributed by atoms with E-state index >= 15 is 0 Å². The third kappa shape index (κ3) is 4.75. The van der Waals surface area contributed by atoms with Crippen molar-refractivity contribution in [1.82, 2.24) is 14.9 Å². The Kier molecular flexibility index (Phi) is 5.80. The van der Waals surface area contributed by atoms with E-state index in [-0.39, 0.29) is 5.91 Å². The molecular weight excluding hydrogens is 364 g/mol. The van der Waals surface area contributed by atoms with Crippen LogP contribution in [0, 0.1) is 13.8 Å². The molecule has 7 heteroatoms. The first-order valence-electron chi connectivity index (χ1n) is 8.33. The fourth-order valence-corrected chi connectivity index (χ4v) is 4.43. The average molecular weight is 387 g/mol. The molecule has 2 heterocycles. The maximum absolute atomic E-state index is 12.4. The Hall–Kier alpha value is -2.09. The van der Waals surface area contributed by atoms with Crippen LogP contribution in [0.15, 0.2) is 29.6 Å². The topological polar surface area (TPSA) is 58.1 Å². The van der Waals surface area contributed by atoms with Crippen molar-refractivity contribution in [1.29, 1.82) is 0 Å². The third-order valence-corrected chi connectivity index (χ3v) is 5.59. The van der Waals surface area contributed by atoms with Gasteiger partial charge in [-0.05, 0) is 39.1 Å². The first kappa shape index (κ1) is 18.7. The second kappa shape index (κ2) is 8.07. The quantitative estimate of drug-likeness (QED) is 0.692. The number of anilines is 1. The summed E-state index contributed by atoms with van der Waals surface area (Å²) in [5.74, 6) is -0.0508. The molecule has 1 N–H and O–H groups in total. The maximum Gasteiger partial charge on any atom is 0.230 e. The molecule has 0 radical (unpaired) electrons. The summed E-state index contributed by atoms with van der Waals surface area (Å²) in [6, 6.07) is 8.14. The normalized spacial score (nSPS) is 11.1. The largest absolute Gasteiger partial charge is 0.305 e. The Labute approximate surface area is 161 Å². The summed E-state index contributed by atoms with van der Waals surface area (Å²) >= 11 is 3.07. The van der Waals surface area contributed by atoms with Gasteiger partial charge in [0.2, 0.25) is 5.91 Å². The number of thiazole rings is 2.